The van der Waals surface area contributed by atoms with E-state index in [1.165, 1.54) is 42.7 Å². The largest absolute Gasteiger partial charge is 1.00 e. The summed E-state index contributed by atoms with van der Waals surface area (Å²) < 4.78 is 1.01. The Morgan fingerprint density at radius 1 is 0.377 bits per heavy atom. The molecule has 0 unspecified atom stereocenters. The second-order valence-corrected chi connectivity index (χ2v) is 25.5. The molecule has 0 saturated carbocycles. The predicted molar refractivity (Wildman–Crippen MR) is 301 cm³/mol. The van der Waals surface area contributed by atoms with Crippen LogP contribution in [0, 0.1) is 6.92 Å². The van der Waals surface area contributed by atoms with Gasteiger partial charge in [0.25, 0.3) is 0 Å². The van der Waals surface area contributed by atoms with E-state index >= 15 is 0 Å². The quantitative estimate of drug-likeness (QED) is 0.0592. The van der Waals surface area contributed by atoms with Gasteiger partial charge in [-0.3, -0.25) is 9.97 Å². The summed E-state index contributed by atoms with van der Waals surface area (Å²) in [5, 5.41) is 9.04. The van der Waals surface area contributed by atoms with Gasteiger partial charge in [-0.1, -0.05) is 262 Å². The third kappa shape index (κ3) is 13.3. The molecule has 0 radical (unpaired) electrons. The van der Waals surface area contributed by atoms with Crippen LogP contribution in [0.5, 0.6) is 0 Å². The van der Waals surface area contributed by atoms with Gasteiger partial charge in [0.1, 0.15) is 0 Å². The van der Waals surface area contributed by atoms with Gasteiger partial charge in [-0.15, -0.1) is 11.1 Å². The van der Waals surface area contributed by atoms with E-state index in [4.69, 9.17) is 16.1 Å². The zero-order chi connectivity index (χ0) is 47.3. The Kier molecular flexibility index (Phi) is 20.6. The molecule has 10 aromatic rings. The number of nitrogens with zero attached hydrogens (tertiary/aromatic N) is 2. The first-order chi connectivity index (χ1) is 33.5. The minimum Gasteiger partial charge on any atom is -0.343 e. The second kappa shape index (κ2) is 27.2. The Labute approximate surface area is 437 Å². The van der Waals surface area contributed by atoms with Gasteiger partial charge in [-0.2, -0.15) is 6.42 Å². The fourth-order valence-electron chi connectivity index (χ4n) is 8.12. The Hall–Kier alpha value is -6.14. The van der Waals surface area contributed by atoms with Crippen LogP contribution in [0.1, 0.15) is 19.8 Å². The maximum absolute atomic E-state index is 7.25. The van der Waals surface area contributed by atoms with E-state index in [1.807, 2.05) is 60.8 Å². The van der Waals surface area contributed by atoms with Crippen LogP contribution in [-0.4, -0.2) is 25.4 Å². The van der Waals surface area contributed by atoms with Crippen LogP contribution < -0.4 is 55.2 Å². The van der Waals surface area contributed by atoms with Crippen LogP contribution in [0.2, 0.25) is 0 Å². The van der Waals surface area contributed by atoms with Crippen molar-refractivity contribution in [2.75, 3.05) is 0 Å². The maximum atomic E-state index is 7.25. The summed E-state index contributed by atoms with van der Waals surface area (Å²) in [6.07, 6.45) is 6.18. The van der Waals surface area contributed by atoms with Crippen LogP contribution in [0.15, 0.2) is 284 Å². The topological polar surface area (TPSA) is 25.8 Å². The summed E-state index contributed by atoms with van der Waals surface area (Å²) in [6, 6.07) is 93.1. The average Bonchev–Trinajstić information content (AvgIpc) is 3.44. The molecule has 2 heterocycles. The molecular weight excluding hydrogens is 951 g/mol. The molecular formula is C62H55BrClLiN2Si2. The molecule has 0 amide bonds. The number of rotatable bonds is 10. The van der Waals surface area contributed by atoms with E-state index in [-0.39, 0.29) is 18.9 Å². The number of benzene rings is 8. The van der Waals surface area contributed by atoms with Crippen LogP contribution in [0.25, 0.3) is 22.5 Å². The van der Waals surface area contributed by atoms with E-state index in [1.54, 1.807) is 0 Å². The second-order valence-electron chi connectivity index (χ2n) is 16.0. The molecule has 0 spiro atoms. The molecule has 0 fully saturated rings. The molecule has 0 atom stereocenters. The smallest absolute Gasteiger partial charge is 0.343 e. The van der Waals surface area contributed by atoms with Crippen molar-refractivity contribution >= 4 is 78.8 Å². The summed E-state index contributed by atoms with van der Waals surface area (Å²) in [6.45, 7) is 5.72. The van der Waals surface area contributed by atoms with Gasteiger partial charge < -0.3 is 6.92 Å². The molecule has 7 heteroatoms. The third-order valence-electron chi connectivity index (χ3n) is 11.6. The molecule has 0 aliphatic carbocycles. The zero-order valence-electron chi connectivity index (χ0n) is 39.3. The molecule has 69 heavy (non-hydrogen) atoms. The van der Waals surface area contributed by atoms with Gasteiger partial charge in [0.05, 0.1) is 11.4 Å². The number of hydrogen-bond acceptors (Lipinski definition) is 2. The van der Waals surface area contributed by atoms with Crippen molar-refractivity contribution in [3.63, 3.8) is 0 Å². The molecule has 0 bridgehead atoms. The van der Waals surface area contributed by atoms with E-state index in [0.29, 0.717) is 0 Å². The summed E-state index contributed by atoms with van der Waals surface area (Å²) >= 11 is 10.6. The molecule has 336 valence electrons. The Morgan fingerprint density at radius 3 is 0.913 bits per heavy atom. The molecule has 0 saturated heterocycles. The fourth-order valence-corrected chi connectivity index (χ4v) is 17.1. The Bertz CT molecular complexity index is 2750. The van der Waals surface area contributed by atoms with Crippen LogP contribution in [-0.2, 0) is 0 Å². The first-order valence-corrected chi connectivity index (χ1v) is 28.8. The van der Waals surface area contributed by atoms with Crippen molar-refractivity contribution in [1.29, 1.82) is 0 Å². The van der Waals surface area contributed by atoms with E-state index in [9.17, 15) is 0 Å². The van der Waals surface area contributed by atoms with Crippen LogP contribution in [0.4, 0.5) is 0 Å². The zero-order valence-corrected chi connectivity index (χ0v) is 43.7. The minimum atomic E-state index is -2.49. The number of aromatic nitrogens is 2. The van der Waals surface area contributed by atoms with Gasteiger partial charge in [0, 0.05) is 28.0 Å². The first kappa shape index (κ1) is 52.2. The van der Waals surface area contributed by atoms with Gasteiger partial charge in [0.2, 0.25) is 7.38 Å². The van der Waals surface area contributed by atoms with Crippen LogP contribution >= 0.6 is 27.0 Å². The molecule has 0 aliphatic heterocycles. The van der Waals surface area contributed by atoms with Gasteiger partial charge in [0.15, 0.2) is 8.07 Å². The van der Waals surface area contributed by atoms with Crippen molar-refractivity contribution < 1.29 is 18.9 Å². The summed E-state index contributed by atoms with van der Waals surface area (Å²) in [4.78, 5) is 9.23. The van der Waals surface area contributed by atoms with Crippen LogP contribution in [0.3, 0.4) is 0 Å². The van der Waals surface area contributed by atoms with Gasteiger partial charge >= 0.3 is 18.9 Å². The van der Waals surface area contributed by atoms with Crippen molar-refractivity contribution in [3.05, 3.63) is 291 Å². The SMILES string of the molecule is Brc1ccc(-c2ccccc2)nc1.Cl[Si](c1ccccc1)(c1ccccc1)c1ccccc1.[CH2-]CCC.[Li+].c1ccc(-c2ccc([Si](c3ccccc3)(c3ccccc3)c3ccccc3)cn2)cc1. The summed E-state index contributed by atoms with van der Waals surface area (Å²) in [5.74, 6) is 0. The van der Waals surface area contributed by atoms with Crippen molar-refractivity contribution in [2.24, 2.45) is 0 Å². The number of hydrogen-bond donors (Lipinski definition) is 0. The molecule has 8 aromatic carbocycles. The standard InChI is InChI=1S/C29H23NSi.C18H15ClSi.C11H8BrN.C4H9.Li/c1-5-13-24(14-6-1)29-22-21-28(23-30-29)31(25-15-7-2-8-16-25,26-17-9-3-10-18-26)27-19-11-4-12-20-27;19-20(16-10-4-1-5-11-16,17-12-6-2-7-13-17)18-14-8-3-9-15-18;12-10-6-7-11(13-8-10)9-4-2-1-3-5-9;1-3-4-2;/h1-23H;1-15H;1-8H;1,3-4H2,2H3;/q;;;-1;+1. The normalized spacial score (nSPS) is 10.6. The van der Waals surface area contributed by atoms with E-state index in [2.05, 4.69) is 253 Å². The number of halogens is 2. The molecule has 2 aromatic heterocycles. The Morgan fingerprint density at radius 2 is 0.652 bits per heavy atom. The first-order valence-electron chi connectivity index (χ1n) is 23.0. The molecule has 0 N–H and O–H groups in total. The molecule has 0 aliphatic rings. The molecule has 10 rings (SSSR count). The third-order valence-corrected chi connectivity index (χ3v) is 22.1. The minimum absolute atomic E-state index is 0. The fraction of sp³-hybridized carbons (Fsp3) is 0.0484. The summed E-state index contributed by atoms with van der Waals surface area (Å²) in [7, 11) is -4.89. The maximum Gasteiger partial charge on any atom is 1.00 e. The van der Waals surface area contributed by atoms with Crippen molar-refractivity contribution in [2.45, 2.75) is 19.8 Å². The molecule has 2 nitrogen and oxygen atoms in total. The summed E-state index contributed by atoms with van der Waals surface area (Å²) in [5.41, 5.74) is 4.29. The number of pyridine rings is 2. The van der Waals surface area contributed by atoms with E-state index < -0.39 is 15.5 Å². The number of unbranched alkanes of at least 4 members (excludes halogenated alkanes) is 1. The monoisotopic (exact) mass is 1000 g/mol. The van der Waals surface area contributed by atoms with Crippen molar-refractivity contribution in [3.8, 4) is 22.5 Å². The average molecular weight is 1010 g/mol. The predicted octanol–water partition coefficient (Wildman–Crippen LogP) is 9.15. The Balaban J connectivity index is 0.000000176. The van der Waals surface area contributed by atoms with Gasteiger partial charge in [-0.25, -0.2) is 0 Å². The van der Waals surface area contributed by atoms with Gasteiger partial charge in [-0.05, 0) is 70.4 Å². The van der Waals surface area contributed by atoms with E-state index in [0.717, 1.165) is 33.4 Å². The van der Waals surface area contributed by atoms with Crippen molar-refractivity contribution in [1.82, 2.24) is 9.97 Å².